The third-order valence-corrected chi connectivity index (χ3v) is 3.92. The molecule has 0 aromatic heterocycles. The Labute approximate surface area is 102 Å². The molecule has 0 aliphatic heterocycles. The molecule has 2 unspecified atom stereocenters. The van der Waals surface area contributed by atoms with Crippen LogP contribution in [-0.4, -0.2) is 12.1 Å². The molecule has 2 atom stereocenters. The first-order chi connectivity index (χ1) is 7.39. The summed E-state index contributed by atoms with van der Waals surface area (Å²) in [5.74, 6) is 0.810. The van der Waals surface area contributed by atoms with Crippen LogP contribution in [0.2, 0.25) is 0 Å². The summed E-state index contributed by atoms with van der Waals surface area (Å²) < 4.78 is 0. The Bertz CT molecular complexity index is 196. The van der Waals surface area contributed by atoms with Crippen molar-refractivity contribution >= 4 is 0 Å². The van der Waals surface area contributed by atoms with Crippen LogP contribution >= 0.6 is 0 Å². The van der Waals surface area contributed by atoms with Crippen LogP contribution in [0, 0.1) is 11.3 Å². The van der Waals surface area contributed by atoms with E-state index in [1.165, 1.54) is 38.5 Å². The fourth-order valence-corrected chi connectivity index (χ4v) is 3.01. The van der Waals surface area contributed by atoms with E-state index in [-0.39, 0.29) is 0 Å². The maximum Gasteiger partial charge on any atom is 0.00697 e. The van der Waals surface area contributed by atoms with Gasteiger partial charge in [-0.05, 0) is 50.4 Å². The molecule has 0 aromatic carbocycles. The lowest BCUT2D eigenvalue weighted by molar-refractivity contribution is 0.304. The van der Waals surface area contributed by atoms with Crippen molar-refractivity contribution in [2.24, 2.45) is 11.3 Å². The van der Waals surface area contributed by atoms with Gasteiger partial charge in [-0.3, -0.25) is 0 Å². The zero-order valence-corrected chi connectivity index (χ0v) is 12.0. The predicted molar refractivity (Wildman–Crippen MR) is 72.7 cm³/mol. The molecule has 1 aliphatic carbocycles. The molecular weight excluding hydrogens is 194 g/mol. The van der Waals surface area contributed by atoms with Crippen molar-refractivity contribution in [1.82, 2.24) is 5.32 Å². The molecule has 0 radical (unpaired) electrons. The molecule has 1 aliphatic rings. The van der Waals surface area contributed by atoms with Crippen LogP contribution in [0.25, 0.3) is 0 Å². The van der Waals surface area contributed by atoms with Crippen LogP contribution in [0.15, 0.2) is 0 Å². The van der Waals surface area contributed by atoms with Gasteiger partial charge in [0, 0.05) is 12.1 Å². The minimum absolute atomic E-state index is 0.581. The van der Waals surface area contributed by atoms with E-state index in [9.17, 15) is 0 Å². The normalized spacial score (nSPS) is 27.8. The highest BCUT2D eigenvalue weighted by molar-refractivity contribution is 4.81. The molecular formula is C15H31N. The van der Waals surface area contributed by atoms with Crippen LogP contribution in [-0.2, 0) is 0 Å². The molecule has 0 heterocycles. The molecule has 1 N–H and O–H groups in total. The molecule has 0 spiro atoms. The Morgan fingerprint density at radius 2 is 1.81 bits per heavy atom. The predicted octanol–water partition coefficient (Wildman–Crippen LogP) is 4.37. The third kappa shape index (κ3) is 5.34. The van der Waals surface area contributed by atoms with Crippen molar-refractivity contribution in [3.63, 3.8) is 0 Å². The number of rotatable bonds is 4. The van der Waals surface area contributed by atoms with Gasteiger partial charge in [-0.1, -0.05) is 34.1 Å². The molecule has 0 saturated heterocycles. The van der Waals surface area contributed by atoms with Crippen LogP contribution < -0.4 is 5.32 Å². The van der Waals surface area contributed by atoms with E-state index in [1.54, 1.807) is 0 Å². The first-order valence-electron chi connectivity index (χ1n) is 7.15. The molecule has 96 valence electrons. The summed E-state index contributed by atoms with van der Waals surface area (Å²) in [6, 6.07) is 1.46. The van der Waals surface area contributed by atoms with Crippen molar-refractivity contribution in [3.05, 3.63) is 0 Å². The van der Waals surface area contributed by atoms with E-state index in [0.29, 0.717) is 11.5 Å². The van der Waals surface area contributed by atoms with Gasteiger partial charge in [0.15, 0.2) is 0 Å². The molecule has 1 nitrogen and oxygen atoms in total. The van der Waals surface area contributed by atoms with E-state index in [4.69, 9.17) is 0 Å². The molecule has 1 rings (SSSR count). The topological polar surface area (TPSA) is 12.0 Å². The summed E-state index contributed by atoms with van der Waals surface area (Å²) in [6.07, 6.45) is 8.25. The van der Waals surface area contributed by atoms with Crippen LogP contribution in [0.4, 0.5) is 0 Å². The molecule has 0 amide bonds. The standard InChI is InChI=1S/C15H31N/c1-12(2)11-13(3)16-14-7-6-9-15(4,5)10-8-14/h12-14,16H,6-11H2,1-5H3. The van der Waals surface area contributed by atoms with E-state index in [1.807, 2.05) is 0 Å². The van der Waals surface area contributed by atoms with Gasteiger partial charge < -0.3 is 5.32 Å². The molecule has 0 bridgehead atoms. The lowest BCUT2D eigenvalue weighted by Gasteiger charge is -2.24. The maximum atomic E-state index is 3.83. The summed E-state index contributed by atoms with van der Waals surface area (Å²) in [4.78, 5) is 0. The smallest absolute Gasteiger partial charge is 0.00697 e. The second kappa shape index (κ2) is 6.05. The molecule has 1 saturated carbocycles. The lowest BCUT2D eigenvalue weighted by Crippen LogP contribution is -2.37. The van der Waals surface area contributed by atoms with Crippen molar-refractivity contribution in [2.45, 2.75) is 85.2 Å². The van der Waals surface area contributed by atoms with E-state index >= 15 is 0 Å². The van der Waals surface area contributed by atoms with Gasteiger partial charge in [-0.15, -0.1) is 0 Å². The SMILES string of the molecule is CC(C)CC(C)NC1CCCC(C)(C)CC1. The van der Waals surface area contributed by atoms with Gasteiger partial charge in [0.05, 0.1) is 0 Å². The van der Waals surface area contributed by atoms with Crippen LogP contribution in [0.5, 0.6) is 0 Å². The van der Waals surface area contributed by atoms with E-state index in [0.717, 1.165) is 12.0 Å². The zero-order chi connectivity index (χ0) is 12.2. The van der Waals surface area contributed by atoms with Gasteiger partial charge >= 0.3 is 0 Å². The fraction of sp³-hybridized carbons (Fsp3) is 1.00. The lowest BCUT2D eigenvalue weighted by atomic mass is 9.85. The van der Waals surface area contributed by atoms with Crippen molar-refractivity contribution < 1.29 is 0 Å². The Morgan fingerprint density at radius 3 is 2.44 bits per heavy atom. The number of nitrogens with one attached hydrogen (secondary N) is 1. The Hall–Kier alpha value is -0.0400. The van der Waals surface area contributed by atoms with Crippen molar-refractivity contribution in [1.29, 1.82) is 0 Å². The molecule has 16 heavy (non-hydrogen) atoms. The van der Waals surface area contributed by atoms with Crippen molar-refractivity contribution in [3.8, 4) is 0 Å². The van der Waals surface area contributed by atoms with Gasteiger partial charge in [-0.25, -0.2) is 0 Å². The maximum absolute atomic E-state index is 3.83. The highest BCUT2D eigenvalue weighted by Crippen LogP contribution is 2.33. The third-order valence-electron chi connectivity index (χ3n) is 3.92. The second-order valence-electron chi connectivity index (χ2n) is 6.99. The van der Waals surface area contributed by atoms with Crippen LogP contribution in [0.1, 0.15) is 73.1 Å². The molecule has 1 fully saturated rings. The first kappa shape index (κ1) is 14.0. The highest BCUT2D eigenvalue weighted by atomic mass is 14.9. The number of hydrogen-bond acceptors (Lipinski definition) is 1. The summed E-state index contributed by atoms with van der Waals surface area (Å²) >= 11 is 0. The van der Waals surface area contributed by atoms with Gasteiger partial charge in [0.1, 0.15) is 0 Å². The molecule has 1 heteroatoms. The van der Waals surface area contributed by atoms with Crippen molar-refractivity contribution in [2.75, 3.05) is 0 Å². The van der Waals surface area contributed by atoms with Crippen LogP contribution in [0.3, 0.4) is 0 Å². The Morgan fingerprint density at radius 1 is 1.12 bits per heavy atom. The van der Waals surface area contributed by atoms with E-state index < -0.39 is 0 Å². The molecule has 0 aromatic rings. The summed E-state index contributed by atoms with van der Waals surface area (Å²) in [6.45, 7) is 11.8. The average molecular weight is 225 g/mol. The second-order valence-corrected chi connectivity index (χ2v) is 6.99. The fourth-order valence-electron chi connectivity index (χ4n) is 3.01. The summed E-state index contributed by atoms with van der Waals surface area (Å²) in [5.41, 5.74) is 0.581. The monoisotopic (exact) mass is 225 g/mol. The minimum Gasteiger partial charge on any atom is -0.311 e. The number of hydrogen-bond donors (Lipinski definition) is 1. The van der Waals surface area contributed by atoms with E-state index in [2.05, 4.69) is 39.9 Å². The minimum atomic E-state index is 0.581. The first-order valence-corrected chi connectivity index (χ1v) is 7.15. The average Bonchev–Trinajstić information content (AvgIpc) is 2.26. The quantitative estimate of drug-likeness (QED) is 0.701. The summed E-state index contributed by atoms with van der Waals surface area (Å²) in [7, 11) is 0. The van der Waals surface area contributed by atoms with Gasteiger partial charge in [-0.2, -0.15) is 0 Å². The van der Waals surface area contributed by atoms with Gasteiger partial charge in [0.25, 0.3) is 0 Å². The Balaban J connectivity index is 2.32. The highest BCUT2D eigenvalue weighted by Gasteiger charge is 2.24. The summed E-state index contributed by atoms with van der Waals surface area (Å²) in [5, 5.41) is 3.83. The largest absolute Gasteiger partial charge is 0.311 e. The zero-order valence-electron chi connectivity index (χ0n) is 12.0. The van der Waals surface area contributed by atoms with Gasteiger partial charge in [0.2, 0.25) is 0 Å². The Kier molecular flexibility index (Phi) is 5.30.